The molecule has 3 aromatic rings. The number of H-pyrrole nitrogens is 1. The summed E-state index contributed by atoms with van der Waals surface area (Å²) >= 11 is 0. The molecule has 0 radical (unpaired) electrons. The first kappa shape index (κ1) is 17.3. The van der Waals surface area contributed by atoms with Crippen molar-refractivity contribution in [3.8, 4) is 0 Å². The lowest BCUT2D eigenvalue weighted by Gasteiger charge is -2.18. The second-order valence-electron chi connectivity index (χ2n) is 6.70. The average Bonchev–Trinajstić information content (AvgIpc) is 3.42. The lowest BCUT2D eigenvalue weighted by atomic mass is 10.1. The van der Waals surface area contributed by atoms with Crippen LogP contribution in [-0.2, 0) is 0 Å². The standard InChI is InChI=1S/C19H21FN6O/c20-13-5-3-12(4-6-13)17(10-27)24-18-8-16(14(21)9-22-18)23-19-7-15(25-26-19)11-1-2-11/h3-9,11,17,27H,1-2,10,21H2,(H3,22,23,24,25,26). The van der Waals surface area contributed by atoms with E-state index in [1.54, 1.807) is 18.2 Å². The zero-order chi connectivity index (χ0) is 18.8. The third kappa shape index (κ3) is 4.01. The quantitative estimate of drug-likeness (QED) is 0.437. The molecule has 1 atom stereocenters. The number of pyridine rings is 1. The predicted octanol–water partition coefficient (Wildman–Crippen LogP) is 3.29. The predicted molar refractivity (Wildman–Crippen MR) is 102 cm³/mol. The third-order valence-electron chi connectivity index (χ3n) is 4.59. The Morgan fingerprint density at radius 2 is 2.00 bits per heavy atom. The highest BCUT2D eigenvalue weighted by atomic mass is 19.1. The zero-order valence-electron chi connectivity index (χ0n) is 14.6. The van der Waals surface area contributed by atoms with Gasteiger partial charge in [0, 0.05) is 23.7 Å². The maximum absolute atomic E-state index is 13.1. The van der Waals surface area contributed by atoms with E-state index in [-0.39, 0.29) is 12.4 Å². The molecule has 1 aliphatic rings. The number of hydrogen-bond donors (Lipinski definition) is 5. The van der Waals surface area contributed by atoms with Gasteiger partial charge in [0.05, 0.1) is 30.2 Å². The molecule has 2 aromatic heterocycles. The molecule has 27 heavy (non-hydrogen) atoms. The van der Waals surface area contributed by atoms with Crippen molar-refractivity contribution in [2.75, 3.05) is 23.0 Å². The van der Waals surface area contributed by atoms with Gasteiger partial charge in [0.2, 0.25) is 0 Å². The molecule has 140 valence electrons. The Morgan fingerprint density at radius 3 is 2.70 bits per heavy atom. The van der Waals surface area contributed by atoms with Gasteiger partial charge in [-0.2, -0.15) is 5.10 Å². The Labute approximate surface area is 155 Å². The Balaban J connectivity index is 1.51. The van der Waals surface area contributed by atoms with Gasteiger partial charge in [-0.1, -0.05) is 12.1 Å². The van der Waals surface area contributed by atoms with Crippen LogP contribution in [-0.4, -0.2) is 26.9 Å². The van der Waals surface area contributed by atoms with E-state index in [2.05, 4.69) is 25.8 Å². The van der Waals surface area contributed by atoms with Gasteiger partial charge in [-0.3, -0.25) is 5.10 Å². The summed E-state index contributed by atoms with van der Waals surface area (Å²) in [6, 6.07) is 9.30. The molecule has 0 spiro atoms. The van der Waals surface area contributed by atoms with Crippen molar-refractivity contribution in [1.29, 1.82) is 0 Å². The smallest absolute Gasteiger partial charge is 0.152 e. The van der Waals surface area contributed by atoms with E-state index in [1.165, 1.54) is 31.2 Å². The van der Waals surface area contributed by atoms with Gasteiger partial charge in [0.15, 0.2) is 5.82 Å². The van der Waals surface area contributed by atoms with Crippen LogP contribution in [0.4, 0.5) is 27.4 Å². The normalized spacial score (nSPS) is 14.7. The lowest BCUT2D eigenvalue weighted by Crippen LogP contribution is -2.16. The number of anilines is 4. The van der Waals surface area contributed by atoms with Gasteiger partial charge in [0.1, 0.15) is 11.6 Å². The topological polar surface area (TPSA) is 112 Å². The molecular weight excluding hydrogens is 347 g/mol. The van der Waals surface area contributed by atoms with E-state index in [0.717, 1.165) is 11.3 Å². The Kier molecular flexibility index (Phi) is 4.64. The number of aliphatic hydroxyl groups is 1. The Bertz CT molecular complexity index is 922. The molecule has 7 nitrogen and oxygen atoms in total. The Hall–Kier alpha value is -3.13. The van der Waals surface area contributed by atoms with Crippen molar-refractivity contribution < 1.29 is 9.50 Å². The van der Waals surface area contributed by atoms with E-state index in [9.17, 15) is 9.50 Å². The van der Waals surface area contributed by atoms with Crippen LogP contribution in [0.15, 0.2) is 42.6 Å². The third-order valence-corrected chi connectivity index (χ3v) is 4.59. The van der Waals surface area contributed by atoms with E-state index >= 15 is 0 Å². The molecule has 8 heteroatoms. The summed E-state index contributed by atoms with van der Waals surface area (Å²) in [5.41, 5.74) is 9.06. The van der Waals surface area contributed by atoms with Crippen LogP contribution >= 0.6 is 0 Å². The number of aliphatic hydroxyl groups excluding tert-OH is 1. The molecule has 0 amide bonds. The van der Waals surface area contributed by atoms with Crippen LogP contribution in [0.25, 0.3) is 0 Å². The Morgan fingerprint density at radius 1 is 1.22 bits per heavy atom. The largest absolute Gasteiger partial charge is 0.396 e. The first-order valence-electron chi connectivity index (χ1n) is 8.83. The summed E-state index contributed by atoms with van der Waals surface area (Å²) in [5.74, 6) is 1.49. The van der Waals surface area contributed by atoms with E-state index in [0.29, 0.717) is 28.9 Å². The first-order chi connectivity index (χ1) is 13.1. The van der Waals surface area contributed by atoms with Crippen molar-refractivity contribution in [3.63, 3.8) is 0 Å². The number of nitrogens with one attached hydrogen (secondary N) is 3. The first-order valence-corrected chi connectivity index (χ1v) is 8.83. The fourth-order valence-corrected chi connectivity index (χ4v) is 2.90. The van der Waals surface area contributed by atoms with Gasteiger partial charge >= 0.3 is 0 Å². The van der Waals surface area contributed by atoms with Crippen LogP contribution < -0.4 is 16.4 Å². The fourth-order valence-electron chi connectivity index (χ4n) is 2.90. The maximum Gasteiger partial charge on any atom is 0.152 e. The van der Waals surface area contributed by atoms with Crippen LogP contribution in [0, 0.1) is 5.82 Å². The van der Waals surface area contributed by atoms with Crippen LogP contribution in [0.5, 0.6) is 0 Å². The number of nitrogens with zero attached hydrogens (tertiary/aromatic N) is 2. The molecule has 1 unspecified atom stereocenters. The van der Waals surface area contributed by atoms with Crippen LogP contribution in [0.2, 0.25) is 0 Å². The van der Waals surface area contributed by atoms with Crippen molar-refractivity contribution >= 4 is 23.0 Å². The summed E-state index contributed by atoms with van der Waals surface area (Å²) in [5, 5.41) is 23.3. The number of aromatic amines is 1. The highest BCUT2D eigenvalue weighted by molar-refractivity contribution is 5.73. The molecule has 0 bridgehead atoms. The number of benzene rings is 1. The summed E-state index contributed by atoms with van der Waals surface area (Å²) in [6.07, 6.45) is 3.93. The fraction of sp³-hybridized carbons (Fsp3) is 0.263. The minimum Gasteiger partial charge on any atom is -0.396 e. The number of hydrogen-bond acceptors (Lipinski definition) is 6. The minimum atomic E-state index is -0.415. The zero-order valence-corrected chi connectivity index (χ0v) is 14.6. The van der Waals surface area contributed by atoms with Crippen molar-refractivity contribution in [2.45, 2.75) is 24.8 Å². The number of rotatable bonds is 7. The SMILES string of the molecule is Nc1cnc(NC(CO)c2ccc(F)cc2)cc1Nc1cc(C2CC2)[nH]n1. The van der Waals surface area contributed by atoms with Crippen LogP contribution in [0.1, 0.15) is 36.1 Å². The van der Waals surface area contributed by atoms with Crippen LogP contribution in [0.3, 0.4) is 0 Å². The van der Waals surface area contributed by atoms with Gasteiger partial charge < -0.3 is 21.5 Å². The minimum absolute atomic E-state index is 0.162. The van der Waals surface area contributed by atoms with E-state index < -0.39 is 6.04 Å². The summed E-state index contributed by atoms with van der Waals surface area (Å²) in [4.78, 5) is 4.27. The maximum atomic E-state index is 13.1. The average molecular weight is 368 g/mol. The summed E-state index contributed by atoms with van der Waals surface area (Å²) < 4.78 is 13.1. The number of aromatic nitrogens is 3. The van der Waals surface area contributed by atoms with E-state index in [4.69, 9.17) is 5.73 Å². The molecule has 1 saturated carbocycles. The summed E-state index contributed by atoms with van der Waals surface area (Å²) in [6.45, 7) is -0.162. The molecule has 0 saturated heterocycles. The highest BCUT2D eigenvalue weighted by Gasteiger charge is 2.25. The molecule has 1 fully saturated rings. The molecule has 4 rings (SSSR count). The van der Waals surface area contributed by atoms with Gasteiger partial charge in [-0.15, -0.1) is 0 Å². The van der Waals surface area contributed by atoms with E-state index in [1.807, 2.05) is 6.07 Å². The number of halogens is 1. The lowest BCUT2D eigenvalue weighted by molar-refractivity contribution is 0.276. The highest BCUT2D eigenvalue weighted by Crippen LogP contribution is 2.40. The van der Waals surface area contributed by atoms with Crippen molar-refractivity contribution in [1.82, 2.24) is 15.2 Å². The van der Waals surface area contributed by atoms with Gasteiger partial charge in [-0.25, -0.2) is 9.37 Å². The van der Waals surface area contributed by atoms with Crippen molar-refractivity contribution in [2.24, 2.45) is 0 Å². The molecule has 1 aromatic carbocycles. The monoisotopic (exact) mass is 368 g/mol. The molecule has 6 N–H and O–H groups in total. The molecule has 0 aliphatic heterocycles. The second kappa shape index (κ2) is 7.24. The van der Waals surface area contributed by atoms with Gasteiger partial charge in [0.25, 0.3) is 0 Å². The number of nitrogens with two attached hydrogens (primary N) is 1. The molecular formula is C19H21FN6O. The number of nitrogen functional groups attached to an aromatic ring is 1. The molecule has 2 heterocycles. The second-order valence-corrected chi connectivity index (χ2v) is 6.70. The summed E-state index contributed by atoms with van der Waals surface area (Å²) in [7, 11) is 0. The van der Waals surface area contributed by atoms with Gasteiger partial charge in [-0.05, 0) is 30.5 Å². The van der Waals surface area contributed by atoms with Crippen molar-refractivity contribution in [3.05, 3.63) is 59.7 Å². The molecule has 1 aliphatic carbocycles.